The van der Waals surface area contributed by atoms with Gasteiger partial charge in [0.2, 0.25) is 0 Å². The van der Waals surface area contributed by atoms with Crippen LogP contribution in [0.25, 0.3) is 5.69 Å². The number of aryl methyl sites for hydroxylation is 3. The van der Waals surface area contributed by atoms with Crippen molar-refractivity contribution in [1.29, 1.82) is 0 Å². The number of rotatable bonds is 4. The highest BCUT2D eigenvalue weighted by Gasteiger charge is 2.07. The molecular weight excluding hydrogens is 222 g/mol. The van der Waals surface area contributed by atoms with E-state index in [2.05, 4.69) is 44.1 Å². The zero-order valence-corrected chi connectivity index (χ0v) is 11.4. The van der Waals surface area contributed by atoms with E-state index in [0.717, 1.165) is 24.2 Å². The summed E-state index contributed by atoms with van der Waals surface area (Å²) in [6.45, 7) is 6.37. The molecular formula is C15H21N3. The van der Waals surface area contributed by atoms with Crippen molar-refractivity contribution < 1.29 is 0 Å². The lowest BCUT2D eigenvalue weighted by Gasteiger charge is -2.06. The Morgan fingerprint density at radius 3 is 2.39 bits per heavy atom. The number of benzene rings is 1. The monoisotopic (exact) mass is 243 g/mol. The first-order chi connectivity index (χ1) is 8.60. The van der Waals surface area contributed by atoms with Gasteiger partial charge in [0.05, 0.1) is 11.4 Å². The molecule has 0 bridgehead atoms. The molecule has 0 unspecified atom stereocenters. The van der Waals surface area contributed by atoms with E-state index in [9.17, 15) is 0 Å². The molecule has 0 aliphatic rings. The predicted molar refractivity (Wildman–Crippen MR) is 76.1 cm³/mol. The molecule has 0 fully saturated rings. The number of nitrogen functional groups attached to an aromatic ring is 1. The molecule has 3 nitrogen and oxygen atoms in total. The highest BCUT2D eigenvalue weighted by Crippen LogP contribution is 2.18. The summed E-state index contributed by atoms with van der Waals surface area (Å²) in [5.74, 6) is 0.714. The Hall–Kier alpha value is -1.77. The Morgan fingerprint density at radius 1 is 1.11 bits per heavy atom. The standard InChI is InChI=1S/C15H21N3/c1-4-5-6-13-10-15(16)18(17-13)14-8-11(2)7-12(3)9-14/h7-10H,4-6,16H2,1-3H3. The zero-order chi connectivity index (χ0) is 13.1. The van der Waals surface area contributed by atoms with Crippen LogP contribution >= 0.6 is 0 Å². The van der Waals surface area contributed by atoms with Gasteiger partial charge in [0.1, 0.15) is 5.82 Å². The lowest BCUT2D eigenvalue weighted by Crippen LogP contribution is -2.02. The normalized spacial score (nSPS) is 10.8. The van der Waals surface area contributed by atoms with Crippen LogP contribution in [0, 0.1) is 13.8 Å². The quantitative estimate of drug-likeness (QED) is 0.894. The van der Waals surface area contributed by atoms with E-state index in [0.29, 0.717) is 5.82 Å². The summed E-state index contributed by atoms with van der Waals surface area (Å²) in [6, 6.07) is 8.36. The molecule has 0 aliphatic heterocycles. The fourth-order valence-corrected chi connectivity index (χ4v) is 2.21. The van der Waals surface area contributed by atoms with Crippen molar-refractivity contribution in [1.82, 2.24) is 9.78 Å². The van der Waals surface area contributed by atoms with E-state index in [1.807, 2.05) is 10.7 Å². The molecule has 1 aromatic carbocycles. The number of nitrogens with zero attached hydrogens (tertiary/aromatic N) is 2. The van der Waals surface area contributed by atoms with Crippen LogP contribution in [0.3, 0.4) is 0 Å². The number of unbranched alkanes of at least 4 members (excludes halogenated alkanes) is 1. The van der Waals surface area contributed by atoms with Crippen LogP contribution in [0.4, 0.5) is 5.82 Å². The molecule has 18 heavy (non-hydrogen) atoms. The summed E-state index contributed by atoms with van der Waals surface area (Å²) in [4.78, 5) is 0. The molecule has 2 aromatic rings. The van der Waals surface area contributed by atoms with E-state index in [1.165, 1.54) is 17.5 Å². The van der Waals surface area contributed by atoms with Gasteiger partial charge in [-0.3, -0.25) is 0 Å². The maximum absolute atomic E-state index is 6.05. The highest BCUT2D eigenvalue weighted by atomic mass is 15.3. The smallest absolute Gasteiger partial charge is 0.127 e. The van der Waals surface area contributed by atoms with Gasteiger partial charge >= 0.3 is 0 Å². The van der Waals surface area contributed by atoms with E-state index in [4.69, 9.17) is 5.73 Å². The molecule has 0 amide bonds. The van der Waals surface area contributed by atoms with E-state index in [1.54, 1.807) is 0 Å². The molecule has 0 radical (unpaired) electrons. The average Bonchev–Trinajstić information content (AvgIpc) is 2.66. The predicted octanol–water partition coefficient (Wildman–Crippen LogP) is 3.41. The van der Waals surface area contributed by atoms with Crippen LogP contribution in [0.15, 0.2) is 24.3 Å². The summed E-state index contributed by atoms with van der Waals surface area (Å²) in [7, 11) is 0. The van der Waals surface area contributed by atoms with Crippen LogP contribution in [0.1, 0.15) is 36.6 Å². The van der Waals surface area contributed by atoms with Crippen molar-refractivity contribution in [3.63, 3.8) is 0 Å². The number of nitrogens with two attached hydrogens (primary N) is 1. The lowest BCUT2D eigenvalue weighted by atomic mass is 10.1. The molecule has 0 saturated carbocycles. The summed E-state index contributed by atoms with van der Waals surface area (Å²) in [5.41, 5.74) is 10.6. The first-order valence-corrected chi connectivity index (χ1v) is 6.53. The van der Waals surface area contributed by atoms with Gasteiger partial charge in [-0.2, -0.15) is 5.10 Å². The van der Waals surface area contributed by atoms with Gasteiger partial charge in [-0.1, -0.05) is 19.4 Å². The molecule has 1 heterocycles. The van der Waals surface area contributed by atoms with Gasteiger partial charge in [0.25, 0.3) is 0 Å². The number of hydrogen-bond donors (Lipinski definition) is 1. The van der Waals surface area contributed by atoms with Crippen molar-refractivity contribution in [3.8, 4) is 5.69 Å². The second-order valence-corrected chi connectivity index (χ2v) is 4.92. The fourth-order valence-electron chi connectivity index (χ4n) is 2.21. The SMILES string of the molecule is CCCCc1cc(N)n(-c2cc(C)cc(C)c2)n1. The second-order valence-electron chi connectivity index (χ2n) is 4.92. The summed E-state index contributed by atoms with van der Waals surface area (Å²) in [5, 5.41) is 4.59. The maximum atomic E-state index is 6.05. The van der Waals surface area contributed by atoms with Gasteiger partial charge in [0, 0.05) is 6.07 Å². The maximum Gasteiger partial charge on any atom is 0.127 e. The van der Waals surface area contributed by atoms with Gasteiger partial charge in [-0.05, 0) is 49.9 Å². The van der Waals surface area contributed by atoms with Crippen LogP contribution in [0.2, 0.25) is 0 Å². The second kappa shape index (κ2) is 5.25. The largest absolute Gasteiger partial charge is 0.384 e. The van der Waals surface area contributed by atoms with Gasteiger partial charge in [-0.15, -0.1) is 0 Å². The summed E-state index contributed by atoms with van der Waals surface area (Å²) >= 11 is 0. The lowest BCUT2D eigenvalue weighted by molar-refractivity contribution is 0.753. The molecule has 0 atom stereocenters. The molecule has 1 aromatic heterocycles. The minimum Gasteiger partial charge on any atom is -0.384 e. The molecule has 0 aliphatic carbocycles. The molecule has 3 heteroatoms. The number of aromatic nitrogens is 2. The number of hydrogen-bond acceptors (Lipinski definition) is 2. The molecule has 2 N–H and O–H groups in total. The minimum absolute atomic E-state index is 0.714. The Balaban J connectivity index is 2.34. The van der Waals surface area contributed by atoms with Crippen molar-refractivity contribution in [2.45, 2.75) is 40.0 Å². The van der Waals surface area contributed by atoms with Crippen molar-refractivity contribution in [2.75, 3.05) is 5.73 Å². The zero-order valence-electron chi connectivity index (χ0n) is 11.4. The Labute approximate surface area is 109 Å². The third kappa shape index (κ3) is 2.73. The first-order valence-electron chi connectivity index (χ1n) is 6.53. The van der Waals surface area contributed by atoms with Gasteiger partial charge in [-0.25, -0.2) is 4.68 Å². The van der Waals surface area contributed by atoms with Gasteiger partial charge in [0.15, 0.2) is 0 Å². The van der Waals surface area contributed by atoms with Crippen LogP contribution in [-0.4, -0.2) is 9.78 Å². The van der Waals surface area contributed by atoms with Crippen molar-refractivity contribution in [2.24, 2.45) is 0 Å². The average molecular weight is 243 g/mol. The van der Waals surface area contributed by atoms with Crippen LogP contribution < -0.4 is 5.73 Å². The topological polar surface area (TPSA) is 43.8 Å². The first kappa shape index (κ1) is 12.7. The van der Waals surface area contributed by atoms with Crippen LogP contribution in [-0.2, 0) is 6.42 Å². The van der Waals surface area contributed by atoms with Gasteiger partial charge < -0.3 is 5.73 Å². The molecule has 96 valence electrons. The van der Waals surface area contributed by atoms with Crippen LogP contribution in [0.5, 0.6) is 0 Å². The summed E-state index contributed by atoms with van der Waals surface area (Å²) < 4.78 is 1.84. The van der Waals surface area contributed by atoms with Crippen molar-refractivity contribution >= 4 is 5.82 Å². The highest BCUT2D eigenvalue weighted by molar-refractivity contribution is 5.46. The van der Waals surface area contributed by atoms with Crippen molar-refractivity contribution in [3.05, 3.63) is 41.1 Å². The summed E-state index contributed by atoms with van der Waals surface area (Å²) in [6.07, 6.45) is 3.33. The third-order valence-electron chi connectivity index (χ3n) is 3.03. The van der Waals surface area contributed by atoms with E-state index < -0.39 is 0 Å². The molecule has 0 saturated heterocycles. The number of anilines is 1. The Morgan fingerprint density at radius 2 is 1.78 bits per heavy atom. The minimum atomic E-state index is 0.714. The Kier molecular flexibility index (Phi) is 3.70. The molecule has 0 spiro atoms. The van der Waals surface area contributed by atoms with E-state index in [-0.39, 0.29) is 0 Å². The Bertz CT molecular complexity index is 520. The van der Waals surface area contributed by atoms with E-state index >= 15 is 0 Å². The fraction of sp³-hybridized carbons (Fsp3) is 0.400. The molecule has 2 rings (SSSR count). The third-order valence-corrected chi connectivity index (χ3v) is 3.03.